The lowest BCUT2D eigenvalue weighted by Crippen LogP contribution is -2.48. The van der Waals surface area contributed by atoms with Crippen LogP contribution in [0.4, 0.5) is 16.3 Å². The van der Waals surface area contributed by atoms with Gasteiger partial charge in [-0.2, -0.15) is 0 Å². The van der Waals surface area contributed by atoms with Crippen molar-refractivity contribution in [1.29, 1.82) is 0 Å². The Labute approximate surface area is 194 Å². The van der Waals surface area contributed by atoms with Gasteiger partial charge in [0.2, 0.25) is 5.88 Å². The molecular weight excluding hydrogens is 444 g/mol. The number of rotatable bonds is 5. The van der Waals surface area contributed by atoms with E-state index in [2.05, 4.69) is 9.97 Å². The van der Waals surface area contributed by atoms with Crippen molar-refractivity contribution in [3.05, 3.63) is 36.2 Å². The average Bonchev–Trinajstić information content (AvgIpc) is 3.16. The second-order valence-corrected chi connectivity index (χ2v) is 10.9. The number of fused-ring (bicyclic) bond motifs is 1. The van der Waals surface area contributed by atoms with Gasteiger partial charge < -0.3 is 19.3 Å². The van der Waals surface area contributed by atoms with Gasteiger partial charge in [0.25, 0.3) is 0 Å². The van der Waals surface area contributed by atoms with Crippen LogP contribution in [-0.2, 0) is 21.0 Å². The Kier molecular flexibility index (Phi) is 6.47. The first-order valence-electron chi connectivity index (χ1n) is 11.2. The van der Waals surface area contributed by atoms with Crippen LogP contribution in [0.25, 0.3) is 0 Å². The van der Waals surface area contributed by atoms with Crippen molar-refractivity contribution < 1.29 is 22.7 Å². The number of amides is 1. The smallest absolute Gasteiger partial charge is 0.410 e. The Balaban J connectivity index is 1.44. The zero-order valence-electron chi connectivity index (χ0n) is 19.4. The number of piperidine rings is 1. The maximum absolute atomic E-state index is 12.3. The lowest BCUT2D eigenvalue weighted by Gasteiger charge is -2.37. The van der Waals surface area contributed by atoms with Crippen LogP contribution in [0.3, 0.4) is 0 Å². The van der Waals surface area contributed by atoms with Crippen molar-refractivity contribution in [2.45, 2.75) is 63.2 Å². The Morgan fingerprint density at radius 3 is 2.67 bits per heavy atom. The van der Waals surface area contributed by atoms with Gasteiger partial charge in [-0.05, 0) is 51.0 Å². The Hall–Kier alpha value is -2.88. The molecule has 3 heterocycles. The maximum Gasteiger partial charge on any atom is 0.410 e. The summed E-state index contributed by atoms with van der Waals surface area (Å²) < 4.78 is 35.2. The minimum atomic E-state index is -3.25. The van der Waals surface area contributed by atoms with E-state index in [0.717, 1.165) is 17.7 Å². The molecule has 0 radical (unpaired) electrons. The highest BCUT2D eigenvalue weighted by molar-refractivity contribution is 7.90. The van der Waals surface area contributed by atoms with Crippen molar-refractivity contribution in [2.75, 3.05) is 24.2 Å². The van der Waals surface area contributed by atoms with Gasteiger partial charge in [-0.1, -0.05) is 0 Å². The predicted octanol–water partition coefficient (Wildman–Crippen LogP) is 3.35. The van der Waals surface area contributed by atoms with Crippen LogP contribution in [0.5, 0.6) is 5.88 Å². The molecule has 0 saturated carbocycles. The minimum absolute atomic E-state index is 0.00538. The number of aromatic nitrogens is 2. The van der Waals surface area contributed by atoms with Crippen LogP contribution in [0, 0.1) is 0 Å². The van der Waals surface area contributed by atoms with Crippen molar-refractivity contribution in [3.8, 4) is 5.88 Å². The number of ether oxygens (including phenoxy) is 2. The monoisotopic (exact) mass is 474 g/mol. The fourth-order valence-corrected chi connectivity index (χ4v) is 5.01. The standard InChI is InChI=1S/C23H30N4O5S/c1-15(2)31-23(28)26-10-8-18(11-16(26)3)32-22-13-21(24-14-25-22)27-9-7-17-12-19(33(4,29)30)5-6-20(17)27/h5-6,12-16,18H,7-11H2,1-4H3/t16-,18-/m1/s1. The second-order valence-electron chi connectivity index (χ2n) is 8.92. The highest BCUT2D eigenvalue weighted by Crippen LogP contribution is 2.36. The third kappa shape index (κ3) is 5.21. The van der Waals surface area contributed by atoms with E-state index in [1.54, 1.807) is 17.0 Å². The molecule has 0 unspecified atom stereocenters. The van der Waals surface area contributed by atoms with Crippen LogP contribution < -0.4 is 9.64 Å². The molecule has 1 aromatic carbocycles. The molecule has 0 N–H and O–H groups in total. The van der Waals surface area contributed by atoms with E-state index in [1.165, 1.54) is 12.6 Å². The summed E-state index contributed by atoms with van der Waals surface area (Å²) in [6.07, 6.45) is 4.32. The first kappa shape index (κ1) is 23.3. The van der Waals surface area contributed by atoms with E-state index in [1.807, 2.05) is 37.8 Å². The summed E-state index contributed by atoms with van der Waals surface area (Å²) >= 11 is 0. The Morgan fingerprint density at radius 1 is 1.18 bits per heavy atom. The predicted molar refractivity (Wildman–Crippen MR) is 124 cm³/mol. The minimum Gasteiger partial charge on any atom is -0.474 e. The molecule has 2 atom stereocenters. The topological polar surface area (TPSA) is 102 Å². The first-order chi connectivity index (χ1) is 15.6. The van der Waals surface area contributed by atoms with Crippen molar-refractivity contribution in [1.82, 2.24) is 14.9 Å². The van der Waals surface area contributed by atoms with E-state index >= 15 is 0 Å². The number of benzene rings is 1. The van der Waals surface area contributed by atoms with Crippen LogP contribution in [0.15, 0.2) is 35.5 Å². The molecule has 1 aromatic heterocycles. The van der Waals surface area contributed by atoms with Crippen molar-refractivity contribution >= 4 is 27.4 Å². The van der Waals surface area contributed by atoms with Crippen LogP contribution in [0.1, 0.15) is 39.2 Å². The summed E-state index contributed by atoms with van der Waals surface area (Å²) in [6, 6.07) is 7.01. The summed E-state index contributed by atoms with van der Waals surface area (Å²) in [6.45, 7) is 6.95. The summed E-state index contributed by atoms with van der Waals surface area (Å²) in [5, 5.41) is 0. The lowest BCUT2D eigenvalue weighted by atomic mass is 10.0. The molecule has 1 saturated heterocycles. The number of likely N-dealkylation sites (tertiary alicyclic amines) is 1. The highest BCUT2D eigenvalue weighted by Gasteiger charge is 2.31. The molecule has 10 heteroatoms. The van der Waals surface area contributed by atoms with E-state index < -0.39 is 9.84 Å². The molecule has 33 heavy (non-hydrogen) atoms. The molecule has 2 aromatic rings. The normalized spacial score (nSPS) is 20.6. The van der Waals surface area contributed by atoms with E-state index in [9.17, 15) is 13.2 Å². The van der Waals surface area contributed by atoms with Crippen molar-refractivity contribution in [3.63, 3.8) is 0 Å². The molecular formula is C23H30N4O5S. The van der Waals surface area contributed by atoms with E-state index in [4.69, 9.17) is 9.47 Å². The van der Waals surface area contributed by atoms with Gasteiger partial charge >= 0.3 is 6.09 Å². The molecule has 2 aliphatic heterocycles. The fraction of sp³-hybridized carbons (Fsp3) is 0.522. The molecule has 9 nitrogen and oxygen atoms in total. The zero-order chi connectivity index (χ0) is 23.8. The van der Waals surface area contributed by atoms with E-state index in [-0.39, 0.29) is 24.3 Å². The van der Waals surface area contributed by atoms with Crippen LogP contribution >= 0.6 is 0 Å². The number of hydrogen-bond donors (Lipinski definition) is 0. The summed E-state index contributed by atoms with van der Waals surface area (Å²) in [4.78, 5) is 25.1. The first-order valence-corrected chi connectivity index (χ1v) is 13.1. The Bertz CT molecular complexity index is 1140. The third-order valence-corrected chi connectivity index (χ3v) is 7.08. The Morgan fingerprint density at radius 2 is 1.97 bits per heavy atom. The lowest BCUT2D eigenvalue weighted by molar-refractivity contribution is 0.0295. The molecule has 0 bridgehead atoms. The van der Waals surface area contributed by atoms with Gasteiger partial charge in [0.05, 0.1) is 11.0 Å². The fourth-order valence-electron chi connectivity index (χ4n) is 4.34. The van der Waals surface area contributed by atoms with Gasteiger partial charge in [-0.25, -0.2) is 23.2 Å². The van der Waals surface area contributed by atoms with E-state index in [0.29, 0.717) is 42.5 Å². The largest absolute Gasteiger partial charge is 0.474 e. The second kappa shape index (κ2) is 9.17. The van der Waals surface area contributed by atoms with Gasteiger partial charge in [0.1, 0.15) is 18.2 Å². The molecule has 0 aliphatic carbocycles. The number of hydrogen-bond acceptors (Lipinski definition) is 8. The molecule has 2 aliphatic rings. The van der Waals surface area contributed by atoms with Crippen LogP contribution in [-0.4, -0.2) is 67.0 Å². The molecule has 1 amide bonds. The molecule has 4 rings (SSSR count). The SMILES string of the molecule is CC(C)OC(=O)N1CC[C@@H](Oc2cc(N3CCc4cc(S(C)(=O)=O)ccc43)ncn2)C[C@H]1C. The van der Waals surface area contributed by atoms with Gasteiger partial charge in [0.15, 0.2) is 9.84 Å². The molecule has 0 spiro atoms. The number of anilines is 2. The molecule has 1 fully saturated rings. The number of sulfone groups is 1. The number of nitrogens with zero attached hydrogens (tertiary/aromatic N) is 4. The van der Waals surface area contributed by atoms with Crippen LogP contribution in [0.2, 0.25) is 0 Å². The molecule has 178 valence electrons. The number of carbonyl (C=O) groups is 1. The van der Waals surface area contributed by atoms with Gasteiger partial charge in [0, 0.05) is 50.0 Å². The van der Waals surface area contributed by atoms with Gasteiger partial charge in [-0.3, -0.25) is 0 Å². The highest BCUT2D eigenvalue weighted by atomic mass is 32.2. The average molecular weight is 475 g/mol. The quantitative estimate of drug-likeness (QED) is 0.650. The van der Waals surface area contributed by atoms with Crippen molar-refractivity contribution in [2.24, 2.45) is 0 Å². The third-order valence-electron chi connectivity index (χ3n) is 5.97. The summed E-state index contributed by atoms with van der Waals surface area (Å²) in [5.74, 6) is 1.19. The zero-order valence-corrected chi connectivity index (χ0v) is 20.2. The maximum atomic E-state index is 12.3. The number of carbonyl (C=O) groups excluding carboxylic acids is 1. The van der Waals surface area contributed by atoms with Gasteiger partial charge in [-0.15, -0.1) is 0 Å². The summed E-state index contributed by atoms with van der Waals surface area (Å²) in [7, 11) is -3.25. The summed E-state index contributed by atoms with van der Waals surface area (Å²) in [5.41, 5.74) is 1.92.